The van der Waals surface area contributed by atoms with Crippen molar-refractivity contribution in [3.05, 3.63) is 107 Å². The molecule has 1 heterocycles. The summed E-state index contributed by atoms with van der Waals surface area (Å²) in [6.07, 6.45) is 2.96. The predicted octanol–water partition coefficient (Wildman–Crippen LogP) is 6.28. The largest absolute Gasteiger partial charge is 0.238 e. The summed E-state index contributed by atoms with van der Waals surface area (Å²) in [6, 6.07) is 25.5. The van der Waals surface area contributed by atoms with Gasteiger partial charge in [-0.15, -0.1) is 0 Å². The van der Waals surface area contributed by atoms with E-state index in [4.69, 9.17) is 6.57 Å². The molecule has 3 aromatic carbocycles. The van der Waals surface area contributed by atoms with Crippen LogP contribution in [-0.4, -0.2) is 0 Å². The van der Waals surface area contributed by atoms with Crippen LogP contribution in [0.25, 0.3) is 38.4 Å². The van der Waals surface area contributed by atoms with Crippen LogP contribution in [0.15, 0.2) is 79.0 Å². The Bertz CT molecular complexity index is 1290. The fraction of sp³-hybridized carbons (Fsp3) is 0.111. The number of pyridine rings is 1. The van der Waals surface area contributed by atoms with Gasteiger partial charge in [-0.1, -0.05) is 60.7 Å². The van der Waals surface area contributed by atoms with E-state index < -0.39 is 0 Å². The number of hydrogen-bond acceptors (Lipinski definition) is 0. The van der Waals surface area contributed by atoms with Gasteiger partial charge in [-0.2, -0.15) is 0 Å². The Kier molecular flexibility index (Phi) is 4.03. The molecular weight excluding hydrogens is 352 g/mol. The van der Waals surface area contributed by atoms with Crippen LogP contribution in [0, 0.1) is 13.5 Å². The fourth-order valence-electron chi connectivity index (χ4n) is 4.48. The van der Waals surface area contributed by atoms with Gasteiger partial charge < -0.3 is 0 Å². The number of aromatic nitrogens is 1. The molecule has 0 saturated heterocycles. The Morgan fingerprint density at radius 1 is 0.828 bits per heavy atom. The monoisotopic (exact) mass is 373 g/mol. The van der Waals surface area contributed by atoms with Crippen molar-refractivity contribution >= 4 is 5.69 Å². The first kappa shape index (κ1) is 17.4. The lowest BCUT2D eigenvalue weighted by atomic mass is 9.93. The highest BCUT2D eigenvalue weighted by Gasteiger charge is 2.27. The lowest BCUT2D eigenvalue weighted by molar-refractivity contribution is -0.660. The van der Waals surface area contributed by atoms with E-state index in [2.05, 4.69) is 84.2 Å². The molecule has 5 rings (SSSR count). The van der Waals surface area contributed by atoms with Gasteiger partial charge in [0.2, 0.25) is 5.69 Å². The summed E-state index contributed by atoms with van der Waals surface area (Å²) in [7, 11) is 2.11. The third-order valence-corrected chi connectivity index (χ3v) is 5.95. The Balaban J connectivity index is 1.73. The minimum Gasteiger partial charge on any atom is -0.238 e. The van der Waals surface area contributed by atoms with E-state index in [1.54, 1.807) is 0 Å². The predicted molar refractivity (Wildman–Crippen MR) is 118 cm³/mol. The van der Waals surface area contributed by atoms with Crippen LogP contribution in [0.4, 0.5) is 5.69 Å². The second kappa shape index (κ2) is 6.72. The van der Waals surface area contributed by atoms with E-state index in [9.17, 15) is 0 Å². The van der Waals surface area contributed by atoms with E-state index in [0.29, 0.717) is 0 Å². The van der Waals surface area contributed by atoms with E-state index in [1.807, 2.05) is 18.2 Å². The number of fused-ring (bicyclic) bond motifs is 3. The molecule has 4 aromatic rings. The van der Waals surface area contributed by atoms with Crippen LogP contribution in [0.2, 0.25) is 0 Å². The first-order valence-corrected chi connectivity index (χ1v) is 9.85. The van der Waals surface area contributed by atoms with Gasteiger partial charge in [0.15, 0.2) is 11.9 Å². The molecule has 1 aliphatic rings. The number of benzene rings is 3. The zero-order valence-corrected chi connectivity index (χ0v) is 16.6. The maximum Gasteiger partial charge on any atom is 0.213 e. The summed E-state index contributed by atoms with van der Waals surface area (Å²) in [5, 5.41) is 0. The fourth-order valence-corrected chi connectivity index (χ4v) is 4.48. The van der Waals surface area contributed by atoms with Crippen molar-refractivity contribution in [3.8, 4) is 33.5 Å². The van der Waals surface area contributed by atoms with E-state index in [-0.39, 0.29) is 0 Å². The van der Waals surface area contributed by atoms with Crippen molar-refractivity contribution in [2.45, 2.75) is 13.3 Å². The maximum atomic E-state index is 7.56. The third-order valence-electron chi connectivity index (χ3n) is 5.95. The molecule has 0 fully saturated rings. The Morgan fingerprint density at radius 2 is 1.62 bits per heavy atom. The summed E-state index contributed by atoms with van der Waals surface area (Å²) in [5.74, 6) is 0. The molecule has 138 valence electrons. The number of rotatable bonds is 2. The average Bonchev–Trinajstić information content (AvgIpc) is 3.13. The highest BCUT2D eigenvalue weighted by molar-refractivity contribution is 5.88. The summed E-state index contributed by atoms with van der Waals surface area (Å²) in [4.78, 5) is 3.77. The van der Waals surface area contributed by atoms with Gasteiger partial charge in [-0.3, -0.25) is 0 Å². The smallest absolute Gasteiger partial charge is 0.213 e. The zero-order valence-electron chi connectivity index (χ0n) is 16.6. The topological polar surface area (TPSA) is 8.24 Å². The Labute approximate surface area is 171 Å². The quantitative estimate of drug-likeness (QED) is 0.254. The number of hydrogen-bond donors (Lipinski definition) is 0. The molecule has 0 bridgehead atoms. The molecule has 0 N–H and O–H groups in total. The van der Waals surface area contributed by atoms with Crippen LogP contribution in [0.1, 0.15) is 16.7 Å². The van der Waals surface area contributed by atoms with Gasteiger partial charge in [0, 0.05) is 12.1 Å². The first-order valence-electron chi connectivity index (χ1n) is 9.85. The molecule has 0 unspecified atom stereocenters. The van der Waals surface area contributed by atoms with Gasteiger partial charge >= 0.3 is 0 Å². The molecular formula is C27H21N2+. The van der Waals surface area contributed by atoms with Gasteiger partial charge in [0.25, 0.3) is 0 Å². The lowest BCUT2D eigenvalue weighted by Gasteiger charge is -2.12. The molecule has 0 saturated carbocycles. The SMILES string of the molecule is [C-]#[N+]c1cccc2c1Cc1c-2ccc(C)c1-c1cc(-c2ccccc2)cc[n+]1C. The normalized spacial score (nSPS) is 11.6. The van der Waals surface area contributed by atoms with Crippen LogP contribution in [0.3, 0.4) is 0 Å². The Hall–Kier alpha value is -3.70. The lowest BCUT2D eigenvalue weighted by Crippen LogP contribution is -2.31. The summed E-state index contributed by atoms with van der Waals surface area (Å²) in [5.41, 5.74) is 11.9. The van der Waals surface area contributed by atoms with Crippen molar-refractivity contribution in [2.24, 2.45) is 7.05 Å². The van der Waals surface area contributed by atoms with Crippen molar-refractivity contribution in [2.75, 3.05) is 0 Å². The highest BCUT2D eigenvalue weighted by atomic mass is 14.9. The minimum atomic E-state index is 0.768. The van der Waals surface area contributed by atoms with E-state index in [1.165, 1.54) is 44.6 Å². The minimum absolute atomic E-state index is 0.768. The van der Waals surface area contributed by atoms with Crippen LogP contribution in [0.5, 0.6) is 0 Å². The van der Waals surface area contributed by atoms with Gasteiger partial charge in [0.1, 0.15) is 7.05 Å². The van der Waals surface area contributed by atoms with Crippen molar-refractivity contribution < 1.29 is 4.57 Å². The molecule has 0 aliphatic heterocycles. The van der Waals surface area contributed by atoms with Crippen molar-refractivity contribution in [1.29, 1.82) is 0 Å². The van der Waals surface area contributed by atoms with E-state index in [0.717, 1.165) is 17.7 Å². The van der Waals surface area contributed by atoms with Crippen molar-refractivity contribution in [1.82, 2.24) is 0 Å². The third kappa shape index (κ3) is 2.75. The van der Waals surface area contributed by atoms with E-state index >= 15 is 0 Å². The van der Waals surface area contributed by atoms with Gasteiger partial charge in [-0.25, -0.2) is 9.41 Å². The van der Waals surface area contributed by atoms with Crippen molar-refractivity contribution in [3.63, 3.8) is 0 Å². The van der Waals surface area contributed by atoms with Crippen LogP contribution >= 0.6 is 0 Å². The highest BCUT2D eigenvalue weighted by Crippen LogP contribution is 2.45. The molecule has 0 amide bonds. The molecule has 0 spiro atoms. The average molecular weight is 373 g/mol. The molecule has 2 heteroatoms. The van der Waals surface area contributed by atoms with Gasteiger partial charge in [-0.05, 0) is 52.3 Å². The zero-order chi connectivity index (χ0) is 20.0. The summed E-state index contributed by atoms with van der Waals surface area (Å²) >= 11 is 0. The molecule has 29 heavy (non-hydrogen) atoms. The van der Waals surface area contributed by atoms with Crippen LogP contribution < -0.4 is 4.57 Å². The van der Waals surface area contributed by atoms with Gasteiger partial charge in [0.05, 0.1) is 12.1 Å². The molecule has 1 aliphatic carbocycles. The molecule has 1 aromatic heterocycles. The second-order valence-electron chi connectivity index (χ2n) is 7.65. The first-order chi connectivity index (χ1) is 14.2. The summed E-state index contributed by atoms with van der Waals surface area (Å²) < 4.78 is 2.20. The number of nitrogens with zero attached hydrogens (tertiary/aromatic N) is 2. The standard InChI is InChI=1S/C27H21N2/c1-18-12-13-22-21-10-7-11-25(28-2)23(21)17-24(22)27(18)26-16-20(14-15-29(26)3)19-8-5-4-6-9-19/h4-16H,17H2,1,3H3/q+1. The van der Waals surface area contributed by atoms with Crippen LogP contribution in [-0.2, 0) is 13.5 Å². The second-order valence-corrected chi connectivity index (χ2v) is 7.65. The maximum absolute atomic E-state index is 7.56. The Morgan fingerprint density at radius 3 is 2.41 bits per heavy atom. The molecule has 0 atom stereocenters. The summed E-state index contributed by atoms with van der Waals surface area (Å²) in [6.45, 7) is 9.74. The molecule has 2 nitrogen and oxygen atoms in total. The number of aryl methyl sites for hydroxylation is 2. The molecule has 0 radical (unpaired) electrons.